The molecule has 0 spiro atoms. The maximum absolute atomic E-state index is 13.5. The predicted molar refractivity (Wildman–Crippen MR) is 121 cm³/mol. The van der Waals surface area contributed by atoms with Crippen LogP contribution in [0.3, 0.4) is 0 Å². The van der Waals surface area contributed by atoms with Gasteiger partial charge in [0.05, 0.1) is 0 Å². The summed E-state index contributed by atoms with van der Waals surface area (Å²) in [7, 11) is 0. The first-order valence-electron chi connectivity index (χ1n) is 9.91. The molecule has 1 heterocycles. The highest BCUT2D eigenvalue weighted by Gasteiger charge is 2.18. The van der Waals surface area contributed by atoms with Crippen molar-refractivity contribution in [2.24, 2.45) is 0 Å². The molecule has 0 N–H and O–H groups in total. The molecule has 4 aromatic rings. The molecule has 0 amide bonds. The second kappa shape index (κ2) is 8.44. The van der Waals surface area contributed by atoms with Gasteiger partial charge >= 0.3 is 0 Å². The molecule has 3 aromatic carbocycles. The van der Waals surface area contributed by atoms with Gasteiger partial charge < -0.3 is 0 Å². The van der Waals surface area contributed by atoms with Crippen molar-refractivity contribution >= 4 is 11.8 Å². The van der Waals surface area contributed by atoms with Crippen LogP contribution in [0.2, 0.25) is 0 Å². The fourth-order valence-corrected chi connectivity index (χ4v) is 4.15. The Hall–Kier alpha value is -2.92. The predicted octanol–water partition coefficient (Wildman–Crippen LogP) is 6.66. The van der Waals surface area contributed by atoms with Crippen LogP contribution < -0.4 is 0 Å². The second-order valence-electron chi connectivity index (χ2n) is 8.22. The number of thioether (sulfide) groups is 1. The van der Waals surface area contributed by atoms with Crippen molar-refractivity contribution in [1.29, 1.82) is 0 Å². The molecule has 0 saturated heterocycles. The van der Waals surface area contributed by atoms with Crippen LogP contribution in [-0.2, 0) is 11.2 Å². The van der Waals surface area contributed by atoms with Gasteiger partial charge in [0.2, 0.25) is 0 Å². The molecule has 0 aliphatic rings. The van der Waals surface area contributed by atoms with E-state index in [0.717, 1.165) is 27.8 Å². The summed E-state index contributed by atoms with van der Waals surface area (Å²) in [5, 5.41) is 9.74. The Morgan fingerprint density at radius 3 is 2.27 bits per heavy atom. The zero-order chi connectivity index (χ0) is 21.1. The van der Waals surface area contributed by atoms with Crippen molar-refractivity contribution < 1.29 is 4.39 Å². The van der Waals surface area contributed by atoms with Crippen LogP contribution in [0.5, 0.6) is 0 Å². The van der Waals surface area contributed by atoms with Crippen molar-refractivity contribution in [2.75, 3.05) is 0 Å². The molecule has 152 valence electrons. The number of benzene rings is 3. The first-order valence-corrected chi connectivity index (χ1v) is 10.9. The van der Waals surface area contributed by atoms with E-state index in [-0.39, 0.29) is 11.2 Å². The van der Waals surface area contributed by atoms with Gasteiger partial charge in [0.25, 0.3) is 0 Å². The lowest BCUT2D eigenvalue weighted by atomic mass is 9.87. The minimum absolute atomic E-state index is 0.0948. The van der Waals surface area contributed by atoms with Crippen molar-refractivity contribution in [2.45, 2.75) is 37.1 Å². The fourth-order valence-electron chi connectivity index (χ4n) is 3.25. The number of hydrogen-bond acceptors (Lipinski definition) is 3. The molecule has 0 unspecified atom stereocenters. The van der Waals surface area contributed by atoms with Crippen LogP contribution >= 0.6 is 11.8 Å². The highest BCUT2D eigenvalue weighted by atomic mass is 32.2. The van der Waals surface area contributed by atoms with E-state index < -0.39 is 0 Å². The van der Waals surface area contributed by atoms with Gasteiger partial charge in [0, 0.05) is 17.0 Å². The van der Waals surface area contributed by atoms with Gasteiger partial charge in [0.1, 0.15) is 5.82 Å². The minimum Gasteiger partial charge on any atom is -0.270 e. The van der Waals surface area contributed by atoms with E-state index >= 15 is 0 Å². The molecule has 30 heavy (non-hydrogen) atoms. The zero-order valence-corrected chi connectivity index (χ0v) is 18.2. The summed E-state index contributed by atoms with van der Waals surface area (Å²) in [6, 6.07) is 25.3. The first kappa shape index (κ1) is 20.4. The van der Waals surface area contributed by atoms with Crippen LogP contribution in [0, 0.1) is 5.82 Å². The largest absolute Gasteiger partial charge is 0.270 e. The number of nitrogens with zero attached hydrogens (tertiary/aromatic N) is 3. The van der Waals surface area contributed by atoms with Crippen LogP contribution in [0.1, 0.15) is 31.9 Å². The summed E-state index contributed by atoms with van der Waals surface area (Å²) in [6.07, 6.45) is 0. The molecule has 3 nitrogen and oxygen atoms in total. The van der Waals surface area contributed by atoms with Gasteiger partial charge in [-0.2, -0.15) is 0 Å². The molecule has 0 radical (unpaired) electrons. The smallest absolute Gasteiger partial charge is 0.196 e. The normalized spacial score (nSPS) is 11.6. The maximum atomic E-state index is 13.5. The molecule has 4 rings (SSSR count). The van der Waals surface area contributed by atoms with E-state index in [4.69, 9.17) is 0 Å². The van der Waals surface area contributed by atoms with Gasteiger partial charge in [-0.3, -0.25) is 4.57 Å². The summed E-state index contributed by atoms with van der Waals surface area (Å²) in [5.74, 6) is 1.19. The molecule has 5 heteroatoms. The van der Waals surface area contributed by atoms with Crippen LogP contribution in [0.15, 0.2) is 84.0 Å². The third kappa shape index (κ3) is 4.46. The van der Waals surface area contributed by atoms with E-state index in [1.54, 1.807) is 23.9 Å². The van der Waals surface area contributed by atoms with Crippen molar-refractivity contribution in [3.05, 3.63) is 95.8 Å². The third-order valence-corrected chi connectivity index (χ3v) is 5.91. The van der Waals surface area contributed by atoms with Gasteiger partial charge in [-0.25, -0.2) is 4.39 Å². The summed E-state index contributed by atoms with van der Waals surface area (Å²) in [6.45, 7) is 6.61. The lowest BCUT2D eigenvalue weighted by Crippen LogP contribution is -2.10. The molecule has 0 aliphatic carbocycles. The SMILES string of the molecule is CC(C)(C)c1ccc(-c2nnc(SCc3cccc(F)c3)n2-c2ccccc2)cc1. The molecule has 0 aliphatic heterocycles. The Morgan fingerprint density at radius 2 is 1.60 bits per heavy atom. The van der Waals surface area contributed by atoms with Crippen LogP contribution in [0.25, 0.3) is 17.1 Å². The third-order valence-electron chi connectivity index (χ3n) is 4.91. The van der Waals surface area contributed by atoms with Gasteiger partial charge in [-0.15, -0.1) is 10.2 Å². The first-order chi connectivity index (χ1) is 14.4. The van der Waals surface area contributed by atoms with Gasteiger partial charge in [-0.1, -0.05) is 87.1 Å². The number of para-hydroxylation sites is 1. The Morgan fingerprint density at radius 1 is 0.867 bits per heavy atom. The molecule has 0 saturated carbocycles. The Labute approximate surface area is 181 Å². The van der Waals surface area contributed by atoms with Crippen molar-refractivity contribution in [1.82, 2.24) is 14.8 Å². The average Bonchev–Trinajstić information content (AvgIpc) is 3.16. The highest BCUT2D eigenvalue weighted by molar-refractivity contribution is 7.98. The topological polar surface area (TPSA) is 30.7 Å². The summed E-state index contributed by atoms with van der Waals surface area (Å²) < 4.78 is 15.6. The minimum atomic E-state index is -0.225. The van der Waals surface area contributed by atoms with Gasteiger partial charge in [-0.05, 0) is 40.8 Å². The zero-order valence-electron chi connectivity index (χ0n) is 17.3. The molecule has 0 bridgehead atoms. The number of rotatable bonds is 5. The molecule has 0 fully saturated rings. The molecule has 1 aromatic heterocycles. The van der Waals surface area contributed by atoms with E-state index in [2.05, 4.69) is 59.8 Å². The Balaban J connectivity index is 1.71. The molecular formula is C25H24FN3S. The summed E-state index contributed by atoms with van der Waals surface area (Å²) in [4.78, 5) is 0. The summed E-state index contributed by atoms with van der Waals surface area (Å²) >= 11 is 1.55. The standard InChI is InChI=1S/C25H24FN3S/c1-25(2,3)20-14-12-19(13-15-20)23-27-28-24(29(23)22-10-5-4-6-11-22)30-17-18-8-7-9-21(26)16-18/h4-16H,17H2,1-3H3. The van der Waals surface area contributed by atoms with Gasteiger partial charge in [0.15, 0.2) is 11.0 Å². The van der Waals surface area contributed by atoms with E-state index in [0.29, 0.717) is 5.75 Å². The molecular weight excluding hydrogens is 393 g/mol. The Kier molecular flexibility index (Phi) is 5.73. The van der Waals surface area contributed by atoms with Crippen LogP contribution in [0.4, 0.5) is 4.39 Å². The highest BCUT2D eigenvalue weighted by Crippen LogP contribution is 2.31. The van der Waals surface area contributed by atoms with Crippen molar-refractivity contribution in [3.8, 4) is 17.1 Å². The summed E-state index contributed by atoms with van der Waals surface area (Å²) in [5.41, 5.74) is 4.30. The fraction of sp³-hybridized carbons (Fsp3) is 0.200. The quantitative estimate of drug-likeness (QED) is 0.340. The Bertz CT molecular complexity index is 1130. The second-order valence-corrected chi connectivity index (χ2v) is 9.17. The monoisotopic (exact) mass is 417 g/mol. The van der Waals surface area contributed by atoms with E-state index in [1.807, 2.05) is 36.4 Å². The number of aromatic nitrogens is 3. The lowest BCUT2D eigenvalue weighted by molar-refractivity contribution is 0.590. The van der Waals surface area contributed by atoms with E-state index in [9.17, 15) is 4.39 Å². The van der Waals surface area contributed by atoms with E-state index in [1.165, 1.54) is 11.6 Å². The van der Waals surface area contributed by atoms with Crippen molar-refractivity contribution in [3.63, 3.8) is 0 Å². The number of hydrogen-bond donors (Lipinski definition) is 0. The average molecular weight is 418 g/mol. The molecule has 0 atom stereocenters. The number of halogens is 1. The van der Waals surface area contributed by atoms with Crippen LogP contribution in [-0.4, -0.2) is 14.8 Å². The lowest BCUT2D eigenvalue weighted by Gasteiger charge is -2.19. The maximum Gasteiger partial charge on any atom is 0.196 e.